The van der Waals surface area contributed by atoms with Gasteiger partial charge in [-0.3, -0.25) is 9.59 Å². The highest BCUT2D eigenvalue weighted by Crippen LogP contribution is 1.99. The second-order valence-corrected chi connectivity index (χ2v) is 3.60. The average Bonchev–Trinajstić information content (AvgIpc) is 2.75. The van der Waals surface area contributed by atoms with E-state index in [1.54, 1.807) is 12.1 Å². The van der Waals surface area contributed by atoms with Crippen molar-refractivity contribution in [1.29, 1.82) is 0 Å². The number of thiol groups is 1. The summed E-state index contributed by atoms with van der Waals surface area (Å²) in [5, 5.41) is 5.15. The maximum atomic E-state index is 11.6. The highest BCUT2D eigenvalue weighted by molar-refractivity contribution is 7.80. The number of amides is 2. The van der Waals surface area contributed by atoms with Crippen LogP contribution >= 0.6 is 12.6 Å². The lowest BCUT2D eigenvalue weighted by Crippen LogP contribution is -2.47. The fourth-order valence-electron chi connectivity index (χ4n) is 1.15. The predicted molar refractivity (Wildman–Crippen MR) is 62.0 cm³/mol. The molecule has 1 heterocycles. The van der Waals surface area contributed by atoms with E-state index in [9.17, 15) is 9.59 Å². The predicted octanol–water partition coefficient (Wildman–Crippen LogP) is 0.330. The van der Waals surface area contributed by atoms with Crippen LogP contribution in [0.1, 0.15) is 12.7 Å². The van der Waals surface area contributed by atoms with Crippen molar-refractivity contribution in [3.63, 3.8) is 0 Å². The molecule has 88 valence electrons. The fourth-order valence-corrected chi connectivity index (χ4v) is 1.41. The number of carbonyl (C=O) groups excluding carboxylic acids is 2. The number of nitrogens with one attached hydrogen (secondary N) is 2. The zero-order chi connectivity index (χ0) is 12.0. The van der Waals surface area contributed by atoms with Crippen molar-refractivity contribution >= 4 is 24.4 Å². The molecule has 0 aliphatic heterocycles. The monoisotopic (exact) mass is 242 g/mol. The van der Waals surface area contributed by atoms with Crippen molar-refractivity contribution in [3.8, 4) is 0 Å². The zero-order valence-corrected chi connectivity index (χ0v) is 9.79. The molecule has 0 radical (unpaired) electrons. The second kappa shape index (κ2) is 6.22. The molecule has 1 aromatic heterocycles. The highest BCUT2D eigenvalue weighted by Gasteiger charge is 2.17. The molecule has 0 fully saturated rings. The van der Waals surface area contributed by atoms with Crippen LogP contribution in [-0.2, 0) is 16.1 Å². The summed E-state index contributed by atoms with van der Waals surface area (Å²) in [7, 11) is 0. The minimum atomic E-state index is -0.615. The molecule has 1 rings (SSSR count). The summed E-state index contributed by atoms with van der Waals surface area (Å²) in [5.41, 5.74) is 0. The first-order chi connectivity index (χ1) is 7.63. The first kappa shape index (κ1) is 12.6. The molecule has 1 unspecified atom stereocenters. The lowest BCUT2D eigenvalue weighted by Gasteiger charge is -2.14. The average molecular weight is 242 g/mol. The zero-order valence-electron chi connectivity index (χ0n) is 8.90. The van der Waals surface area contributed by atoms with Crippen molar-refractivity contribution in [2.24, 2.45) is 0 Å². The molecule has 0 aliphatic rings. The molecule has 2 amide bonds. The van der Waals surface area contributed by atoms with Crippen LogP contribution < -0.4 is 10.6 Å². The van der Waals surface area contributed by atoms with Crippen molar-refractivity contribution in [1.82, 2.24) is 10.6 Å². The minimum absolute atomic E-state index is 0.254. The minimum Gasteiger partial charge on any atom is -0.467 e. The molecule has 0 aliphatic carbocycles. The molecule has 0 saturated heterocycles. The normalized spacial score (nSPS) is 11.9. The number of hydrogen-bond acceptors (Lipinski definition) is 4. The molecular weight excluding hydrogens is 228 g/mol. The summed E-state index contributed by atoms with van der Waals surface area (Å²) < 4.78 is 5.06. The Kier molecular flexibility index (Phi) is 4.91. The van der Waals surface area contributed by atoms with Gasteiger partial charge in [0.25, 0.3) is 0 Å². The number of hydrogen-bond donors (Lipinski definition) is 3. The van der Waals surface area contributed by atoms with E-state index in [0.717, 1.165) is 0 Å². The third kappa shape index (κ3) is 3.98. The molecule has 2 N–H and O–H groups in total. The Balaban J connectivity index is 2.40. The van der Waals surface area contributed by atoms with Crippen molar-refractivity contribution in [2.75, 3.05) is 5.75 Å². The van der Waals surface area contributed by atoms with Gasteiger partial charge in [-0.25, -0.2) is 0 Å². The molecule has 0 bridgehead atoms. The van der Waals surface area contributed by atoms with Crippen LogP contribution in [0, 0.1) is 0 Å². The van der Waals surface area contributed by atoms with Gasteiger partial charge < -0.3 is 15.1 Å². The highest BCUT2D eigenvalue weighted by atomic mass is 32.1. The van der Waals surface area contributed by atoms with Gasteiger partial charge in [0.2, 0.25) is 11.8 Å². The van der Waals surface area contributed by atoms with Crippen LogP contribution in [0.5, 0.6) is 0 Å². The topological polar surface area (TPSA) is 71.3 Å². The van der Waals surface area contributed by atoms with E-state index in [1.165, 1.54) is 13.2 Å². The van der Waals surface area contributed by atoms with Crippen LogP contribution in [0.25, 0.3) is 0 Å². The molecule has 0 spiro atoms. The standard InChI is InChI=1S/C10H14N2O3S/c1-7(13)12-9(6-16)10(14)11-5-8-3-2-4-15-8/h2-4,9,16H,5-6H2,1H3,(H,11,14)(H,12,13). The fraction of sp³-hybridized carbons (Fsp3) is 0.400. The van der Waals surface area contributed by atoms with Crippen LogP contribution in [0.3, 0.4) is 0 Å². The van der Waals surface area contributed by atoms with Gasteiger partial charge in [-0.05, 0) is 12.1 Å². The maximum Gasteiger partial charge on any atom is 0.243 e. The van der Waals surface area contributed by atoms with Crippen LogP contribution in [0.15, 0.2) is 22.8 Å². The van der Waals surface area contributed by atoms with E-state index in [2.05, 4.69) is 23.3 Å². The van der Waals surface area contributed by atoms with E-state index in [0.29, 0.717) is 12.3 Å². The SMILES string of the molecule is CC(=O)NC(CS)C(=O)NCc1ccco1. The molecule has 1 atom stereocenters. The van der Waals surface area contributed by atoms with Crippen LogP contribution in [0.2, 0.25) is 0 Å². The summed E-state index contributed by atoms with van der Waals surface area (Å²) in [6.45, 7) is 1.66. The van der Waals surface area contributed by atoms with E-state index in [-0.39, 0.29) is 17.6 Å². The summed E-state index contributed by atoms with van der Waals surface area (Å²) in [6.07, 6.45) is 1.53. The summed E-state index contributed by atoms with van der Waals surface area (Å²) in [5.74, 6) is 0.381. The summed E-state index contributed by atoms with van der Waals surface area (Å²) >= 11 is 4.00. The van der Waals surface area contributed by atoms with Gasteiger partial charge in [0.15, 0.2) is 0 Å². The largest absolute Gasteiger partial charge is 0.467 e. The van der Waals surface area contributed by atoms with E-state index in [1.807, 2.05) is 0 Å². The number of furan rings is 1. The number of carbonyl (C=O) groups is 2. The smallest absolute Gasteiger partial charge is 0.243 e. The Morgan fingerprint density at radius 3 is 2.81 bits per heavy atom. The van der Waals surface area contributed by atoms with Crippen LogP contribution in [0.4, 0.5) is 0 Å². The maximum absolute atomic E-state index is 11.6. The summed E-state index contributed by atoms with van der Waals surface area (Å²) in [6, 6.07) is 2.88. The van der Waals surface area contributed by atoms with Gasteiger partial charge in [0.1, 0.15) is 11.8 Å². The van der Waals surface area contributed by atoms with Gasteiger partial charge in [-0.15, -0.1) is 0 Å². The summed E-state index contributed by atoms with van der Waals surface area (Å²) in [4.78, 5) is 22.4. The van der Waals surface area contributed by atoms with E-state index in [4.69, 9.17) is 4.42 Å². The molecule has 16 heavy (non-hydrogen) atoms. The van der Waals surface area contributed by atoms with Crippen molar-refractivity contribution in [3.05, 3.63) is 24.2 Å². The lowest BCUT2D eigenvalue weighted by atomic mass is 10.3. The van der Waals surface area contributed by atoms with Gasteiger partial charge in [-0.1, -0.05) is 0 Å². The van der Waals surface area contributed by atoms with Gasteiger partial charge in [-0.2, -0.15) is 12.6 Å². The Labute approximate surface area is 99.0 Å². The van der Waals surface area contributed by atoms with Crippen molar-refractivity contribution < 1.29 is 14.0 Å². The third-order valence-corrected chi connectivity index (χ3v) is 2.26. The van der Waals surface area contributed by atoms with Gasteiger partial charge in [0.05, 0.1) is 12.8 Å². The van der Waals surface area contributed by atoms with E-state index < -0.39 is 6.04 Å². The molecular formula is C10H14N2O3S. The molecule has 0 saturated carbocycles. The van der Waals surface area contributed by atoms with Gasteiger partial charge >= 0.3 is 0 Å². The molecule has 6 heteroatoms. The Morgan fingerprint density at radius 2 is 2.31 bits per heavy atom. The first-order valence-electron chi connectivity index (χ1n) is 4.81. The Bertz CT molecular complexity index is 351. The third-order valence-electron chi connectivity index (χ3n) is 1.89. The number of rotatable bonds is 5. The molecule has 5 nitrogen and oxygen atoms in total. The van der Waals surface area contributed by atoms with Crippen LogP contribution in [-0.4, -0.2) is 23.6 Å². The lowest BCUT2D eigenvalue weighted by molar-refractivity contribution is -0.127. The second-order valence-electron chi connectivity index (χ2n) is 3.23. The molecule has 0 aromatic carbocycles. The first-order valence-corrected chi connectivity index (χ1v) is 5.44. The Morgan fingerprint density at radius 1 is 1.56 bits per heavy atom. The molecule has 1 aromatic rings. The quantitative estimate of drug-likeness (QED) is 0.652. The van der Waals surface area contributed by atoms with E-state index >= 15 is 0 Å². The van der Waals surface area contributed by atoms with Gasteiger partial charge in [0, 0.05) is 12.7 Å². The Hall–Kier alpha value is -1.43. The van der Waals surface area contributed by atoms with Crippen molar-refractivity contribution in [2.45, 2.75) is 19.5 Å².